The van der Waals surface area contributed by atoms with E-state index < -0.39 is 5.79 Å². The molecule has 0 aromatic carbocycles. The molecule has 0 atom stereocenters. The Kier molecular flexibility index (Phi) is 8.07. The molecule has 0 saturated heterocycles. The molecule has 92 valence electrons. The molecule has 0 unspecified atom stereocenters. The molecule has 0 aromatic heterocycles. The van der Waals surface area contributed by atoms with E-state index in [0.29, 0.717) is 6.42 Å². The summed E-state index contributed by atoms with van der Waals surface area (Å²) in [5.74, 6) is -1.53. The van der Waals surface area contributed by atoms with Crippen molar-refractivity contribution in [3.63, 3.8) is 0 Å². The van der Waals surface area contributed by atoms with Crippen molar-refractivity contribution >= 4 is 0 Å². The fourth-order valence-electron chi connectivity index (χ4n) is 1.63. The van der Waals surface area contributed by atoms with E-state index in [0.717, 1.165) is 12.8 Å². The summed E-state index contributed by atoms with van der Waals surface area (Å²) in [7, 11) is 0. The second-order valence-electron chi connectivity index (χ2n) is 4.90. The SMILES string of the molecule is CCCCCCCCCC(O)(O)C(C)C. The van der Waals surface area contributed by atoms with Crippen LogP contribution in [-0.4, -0.2) is 16.0 Å². The van der Waals surface area contributed by atoms with Gasteiger partial charge in [0.15, 0.2) is 5.79 Å². The van der Waals surface area contributed by atoms with E-state index >= 15 is 0 Å². The van der Waals surface area contributed by atoms with Crippen molar-refractivity contribution in [1.29, 1.82) is 0 Å². The summed E-state index contributed by atoms with van der Waals surface area (Å²) in [4.78, 5) is 0. The second kappa shape index (κ2) is 8.12. The molecule has 0 saturated carbocycles. The van der Waals surface area contributed by atoms with Gasteiger partial charge >= 0.3 is 0 Å². The van der Waals surface area contributed by atoms with Crippen molar-refractivity contribution in [1.82, 2.24) is 0 Å². The molecule has 0 aliphatic rings. The molecule has 0 radical (unpaired) electrons. The highest BCUT2D eigenvalue weighted by Crippen LogP contribution is 2.21. The van der Waals surface area contributed by atoms with Crippen LogP contribution in [0.5, 0.6) is 0 Å². The van der Waals surface area contributed by atoms with Gasteiger partial charge in [0.2, 0.25) is 0 Å². The van der Waals surface area contributed by atoms with Gasteiger partial charge in [-0.25, -0.2) is 0 Å². The molecular weight excluding hydrogens is 188 g/mol. The van der Waals surface area contributed by atoms with Crippen molar-refractivity contribution < 1.29 is 10.2 Å². The summed E-state index contributed by atoms with van der Waals surface area (Å²) in [5.41, 5.74) is 0. The highest BCUT2D eigenvalue weighted by molar-refractivity contribution is 4.68. The highest BCUT2D eigenvalue weighted by Gasteiger charge is 2.26. The molecule has 0 aliphatic carbocycles. The van der Waals surface area contributed by atoms with Crippen LogP contribution in [-0.2, 0) is 0 Å². The normalized spacial score (nSPS) is 12.4. The minimum Gasteiger partial charge on any atom is -0.365 e. The van der Waals surface area contributed by atoms with Crippen LogP contribution in [0.2, 0.25) is 0 Å². The maximum atomic E-state index is 9.59. The molecular formula is C13H28O2. The second-order valence-corrected chi connectivity index (χ2v) is 4.90. The maximum absolute atomic E-state index is 9.59. The van der Waals surface area contributed by atoms with E-state index in [1.54, 1.807) is 0 Å². The summed E-state index contributed by atoms with van der Waals surface area (Å²) >= 11 is 0. The Morgan fingerprint density at radius 1 is 0.867 bits per heavy atom. The van der Waals surface area contributed by atoms with Crippen molar-refractivity contribution in [3.05, 3.63) is 0 Å². The molecule has 0 rings (SSSR count). The average molecular weight is 216 g/mol. The predicted molar refractivity (Wildman–Crippen MR) is 64.6 cm³/mol. The van der Waals surface area contributed by atoms with Crippen LogP contribution in [0, 0.1) is 5.92 Å². The third-order valence-corrected chi connectivity index (χ3v) is 3.07. The molecule has 2 heteroatoms. The monoisotopic (exact) mass is 216 g/mol. The van der Waals surface area contributed by atoms with Crippen molar-refractivity contribution in [2.45, 2.75) is 77.9 Å². The van der Waals surface area contributed by atoms with Crippen molar-refractivity contribution in [2.24, 2.45) is 5.92 Å². The number of hydrogen-bond donors (Lipinski definition) is 2. The van der Waals surface area contributed by atoms with E-state index in [2.05, 4.69) is 6.92 Å². The molecule has 0 aromatic rings. The zero-order chi connectivity index (χ0) is 11.7. The zero-order valence-corrected chi connectivity index (χ0v) is 10.6. The molecule has 0 fully saturated rings. The van der Waals surface area contributed by atoms with Gasteiger partial charge in [-0.15, -0.1) is 0 Å². The molecule has 0 spiro atoms. The maximum Gasteiger partial charge on any atom is 0.164 e. The van der Waals surface area contributed by atoms with Gasteiger partial charge in [-0.05, 0) is 6.42 Å². The molecule has 2 nitrogen and oxygen atoms in total. The van der Waals surface area contributed by atoms with Crippen LogP contribution in [0.1, 0.15) is 72.1 Å². The lowest BCUT2D eigenvalue weighted by Gasteiger charge is -2.25. The molecule has 0 heterocycles. The topological polar surface area (TPSA) is 40.5 Å². The van der Waals surface area contributed by atoms with Crippen molar-refractivity contribution in [3.8, 4) is 0 Å². The van der Waals surface area contributed by atoms with Crippen LogP contribution in [0.4, 0.5) is 0 Å². The summed E-state index contributed by atoms with van der Waals surface area (Å²) in [6.45, 7) is 5.91. The quantitative estimate of drug-likeness (QED) is 0.458. The van der Waals surface area contributed by atoms with E-state index in [1.165, 1.54) is 32.1 Å². The first-order valence-electron chi connectivity index (χ1n) is 6.45. The Balaban J connectivity index is 3.31. The highest BCUT2D eigenvalue weighted by atomic mass is 16.5. The van der Waals surface area contributed by atoms with E-state index in [1.807, 2.05) is 13.8 Å². The number of hydrogen-bond acceptors (Lipinski definition) is 2. The zero-order valence-electron chi connectivity index (χ0n) is 10.6. The fraction of sp³-hybridized carbons (Fsp3) is 1.00. The largest absolute Gasteiger partial charge is 0.365 e. The van der Waals surface area contributed by atoms with Crippen LogP contribution in [0.15, 0.2) is 0 Å². The van der Waals surface area contributed by atoms with Crippen molar-refractivity contribution in [2.75, 3.05) is 0 Å². The average Bonchev–Trinajstić information content (AvgIpc) is 2.16. The van der Waals surface area contributed by atoms with Gasteiger partial charge in [0.05, 0.1) is 0 Å². The molecule has 15 heavy (non-hydrogen) atoms. The fourth-order valence-corrected chi connectivity index (χ4v) is 1.63. The number of unbranched alkanes of at least 4 members (excludes halogenated alkanes) is 6. The molecule has 0 bridgehead atoms. The van der Waals surface area contributed by atoms with E-state index in [-0.39, 0.29) is 5.92 Å². The Bertz CT molecular complexity index is 141. The predicted octanol–water partition coefficient (Wildman–Crippen LogP) is 3.46. The van der Waals surface area contributed by atoms with Gasteiger partial charge in [-0.3, -0.25) is 0 Å². The lowest BCUT2D eigenvalue weighted by Crippen LogP contribution is -2.34. The van der Waals surface area contributed by atoms with Gasteiger partial charge in [0.25, 0.3) is 0 Å². The lowest BCUT2D eigenvalue weighted by atomic mass is 9.96. The third kappa shape index (κ3) is 7.80. The van der Waals surface area contributed by atoms with Gasteiger partial charge in [0, 0.05) is 12.3 Å². The van der Waals surface area contributed by atoms with Crippen LogP contribution in [0.25, 0.3) is 0 Å². The van der Waals surface area contributed by atoms with Gasteiger partial charge in [0.1, 0.15) is 0 Å². The number of rotatable bonds is 9. The Morgan fingerprint density at radius 2 is 1.33 bits per heavy atom. The minimum absolute atomic E-state index is 0.0717. The van der Waals surface area contributed by atoms with Gasteiger partial charge in [-0.2, -0.15) is 0 Å². The smallest absolute Gasteiger partial charge is 0.164 e. The van der Waals surface area contributed by atoms with Crippen LogP contribution in [0.3, 0.4) is 0 Å². The number of aliphatic hydroxyl groups is 2. The Labute approximate surface area is 94.7 Å². The summed E-state index contributed by atoms with van der Waals surface area (Å²) in [6.07, 6.45) is 9.02. The first kappa shape index (κ1) is 14.9. The van der Waals surface area contributed by atoms with E-state index in [9.17, 15) is 10.2 Å². The Morgan fingerprint density at radius 3 is 1.80 bits per heavy atom. The summed E-state index contributed by atoms with van der Waals surface area (Å²) in [6, 6.07) is 0. The van der Waals surface area contributed by atoms with Crippen LogP contribution < -0.4 is 0 Å². The molecule has 0 aliphatic heterocycles. The first-order chi connectivity index (χ1) is 7.00. The van der Waals surface area contributed by atoms with Crippen LogP contribution >= 0.6 is 0 Å². The van der Waals surface area contributed by atoms with Gasteiger partial charge in [-0.1, -0.05) is 59.3 Å². The minimum atomic E-state index is -1.45. The molecule has 0 amide bonds. The third-order valence-electron chi connectivity index (χ3n) is 3.07. The van der Waals surface area contributed by atoms with Gasteiger partial charge < -0.3 is 10.2 Å². The first-order valence-corrected chi connectivity index (χ1v) is 6.45. The standard InChI is InChI=1S/C13H28O2/c1-4-5-6-7-8-9-10-11-13(14,15)12(2)3/h12,14-15H,4-11H2,1-3H3. The summed E-state index contributed by atoms with van der Waals surface area (Å²) < 4.78 is 0. The lowest BCUT2D eigenvalue weighted by molar-refractivity contribution is -0.197. The molecule has 2 N–H and O–H groups in total. The Hall–Kier alpha value is -0.0800. The van der Waals surface area contributed by atoms with E-state index in [4.69, 9.17) is 0 Å². The summed E-state index contributed by atoms with van der Waals surface area (Å²) in [5, 5.41) is 19.2.